The second-order valence-corrected chi connectivity index (χ2v) is 11.7. The lowest BCUT2D eigenvalue weighted by Crippen LogP contribution is -2.66. The number of rotatable bonds is 3. The van der Waals surface area contributed by atoms with Crippen LogP contribution in [0.5, 0.6) is 5.75 Å². The van der Waals surface area contributed by atoms with Gasteiger partial charge in [-0.1, -0.05) is 145 Å². The van der Waals surface area contributed by atoms with Gasteiger partial charge in [-0.3, -0.25) is 0 Å². The molecule has 1 heterocycles. The van der Waals surface area contributed by atoms with Gasteiger partial charge in [-0.05, 0) is 56.9 Å². The molecule has 1 nitrogen and oxygen atoms in total. The Bertz CT molecular complexity index is 2110. The Morgan fingerprint density at radius 3 is 1.48 bits per heavy atom. The van der Waals surface area contributed by atoms with Gasteiger partial charge < -0.3 is 4.28 Å². The third-order valence-electron chi connectivity index (χ3n) is 9.53. The van der Waals surface area contributed by atoms with Gasteiger partial charge in [0.25, 0.3) is 0 Å². The van der Waals surface area contributed by atoms with E-state index in [-0.39, 0.29) is 0 Å². The molecule has 0 spiro atoms. The largest absolute Gasteiger partial charge is 0.810 e. The monoisotopic (exact) mass is 538 g/mol. The highest BCUT2D eigenvalue weighted by Crippen LogP contribution is 2.50. The molecule has 1 aliphatic heterocycles. The predicted octanol–water partition coefficient (Wildman–Crippen LogP) is 9.29. The SMILES string of the molecule is CC1=C(c2ccc3ccccc3c2)[B-](c2ccc3ccccc3c2)(c2ccc3ccccc3c2)[O+](C)c2ccccc21. The molecule has 7 aromatic carbocycles. The highest BCUT2D eigenvalue weighted by molar-refractivity contribution is 7.12. The summed E-state index contributed by atoms with van der Waals surface area (Å²) in [5, 5.41) is 7.51. The van der Waals surface area contributed by atoms with E-state index in [2.05, 4.69) is 170 Å². The number of allylic oxidation sites excluding steroid dienone is 1. The highest BCUT2D eigenvalue weighted by atomic mass is 16.6. The first-order valence-electron chi connectivity index (χ1n) is 14.7. The van der Waals surface area contributed by atoms with Crippen molar-refractivity contribution in [3.05, 3.63) is 163 Å². The number of hydrogen-bond donors (Lipinski definition) is 0. The summed E-state index contributed by atoms with van der Waals surface area (Å²) < 4.78 is 3.75. The smallest absolute Gasteiger partial charge is 0.414 e. The summed E-state index contributed by atoms with van der Waals surface area (Å²) in [5.74, 6) is 1.18. The minimum absolute atomic E-state index is 1.18. The topological polar surface area (TPSA) is 2.70 Å². The van der Waals surface area contributed by atoms with E-state index >= 15 is 0 Å². The summed E-state index contributed by atoms with van der Waals surface area (Å²) in [7, 11) is 2.22. The van der Waals surface area contributed by atoms with Gasteiger partial charge in [0.15, 0.2) is 0 Å². The Kier molecular flexibility index (Phi) is 5.59. The average Bonchev–Trinajstić information content (AvgIpc) is 3.05. The first-order chi connectivity index (χ1) is 20.6. The van der Waals surface area contributed by atoms with Crippen molar-refractivity contribution in [3.63, 3.8) is 0 Å². The molecule has 0 aromatic heterocycles. The lowest BCUT2D eigenvalue weighted by Gasteiger charge is -2.55. The van der Waals surface area contributed by atoms with Crippen LogP contribution in [0.4, 0.5) is 0 Å². The zero-order valence-corrected chi connectivity index (χ0v) is 23.9. The molecule has 0 aliphatic carbocycles. The molecule has 0 unspecified atom stereocenters. The van der Waals surface area contributed by atoms with Gasteiger partial charge in [0.1, 0.15) is 7.11 Å². The molecule has 2 heteroatoms. The molecular weight excluding hydrogens is 507 g/mol. The molecule has 8 rings (SSSR count). The number of benzene rings is 7. The Morgan fingerprint density at radius 2 is 0.905 bits per heavy atom. The van der Waals surface area contributed by atoms with Crippen LogP contribution in [0.15, 0.2) is 152 Å². The van der Waals surface area contributed by atoms with E-state index in [0.29, 0.717) is 0 Å². The second kappa shape index (κ2) is 9.50. The molecule has 0 saturated carbocycles. The van der Waals surface area contributed by atoms with Crippen molar-refractivity contribution in [1.82, 2.24) is 0 Å². The van der Waals surface area contributed by atoms with Crippen LogP contribution in [0, 0.1) is 0 Å². The summed E-state index contributed by atoms with van der Waals surface area (Å²) in [6, 6.07) is 56.0. The van der Waals surface area contributed by atoms with Crippen molar-refractivity contribution in [2.75, 3.05) is 7.11 Å². The Labute approximate surface area is 247 Å². The van der Waals surface area contributed by atoms with Crippen LogP contribution in [0.2, 0.25) is 0 Å². The van der Waals surface area contributed by atoms with E-state index in [1.54, 1.807) is 0 Å². The summed E-state index contributed by atoms with van der Waals surface area (Å²) in [5.41, 5.74) is 7.74. The summed E-state index contributed by atoms with van der Waals surface area (Å²) in [6.45, 7) is 2.31. The fourth-order valence-corrected chi connectivity index (χ4v) is 7.54. The molecule has 200 valence electrons. The number of hydrogen-bond acceptors (Lipinski definition) is 0. The molecule has 0 bridgehead atoms. The molecule has 0 amide bonds. The lowest BCUT2D eigenvalue weighted by atomic mass is 9.25. The van der Waals surface area contributed by atoms with Crippen LogP contribution in [-0.2, 0) is 4.28 Å². The molecule has 0 fully saturated rings. The Morgan fingerprint density at radius 1 is 0.452 bits per heavy atom. The van der Waals surface area contributed by atoms with Crippen molar-refractivity contribution in [3.8, 4) is 5.75 Å². The van der Waals surface area contributed by atoms with E-state index in [1.165, 1.54) is 71.2 Å². The summed E-state index contributed by atoms with van der Waals surface area (Å²) in [6.07, 6.45) is -1.67. The zero-order valence-electron chi connectivity index (χ0n) is 23.9. The second-order valence-electron chi connectivity index (χ2n) is 11.7. The van der Waals surface area contributed by atoms with E-state index in [0.717, 1.165) is 0 Å². The Balaban J connectivity index is 1.54. The van der Waals surface area contributed by atoms with E-state index in [9.17, 15) is 0 Å². The van der Waals surface area contributed by atoms with Gasteiger partial charge in [0.2, 0.25) is 5.75 Å². The minimum Gasteiger partial charge on any atom is -0.810 e. The fourth-order valence-electron chi connectivity index (χ4n) is 7.54. The van der Waals surface area contributed by atoms with Crippen molar-refractivity contribution < 1.29 is 4.28 Å². The van der Waals surface area contributed by atoms with Crippen molar-refractivity contribution in [2.24, 2.45) is 0 Å². The third kappa shape index (κ3) is 3.58. The molecule has 0 atom stereocenters. The van der Waals surface area contributed by atoms with Crippen molar-refractivity contribution >= 4 is 60.6 Å². The predicted molar refractivity (Wildman–Crippen MR) is 182 cm³/mol. The van der Waals surface area contributed by atoms with Crippen LogP contribution < -0.4 is 10.9 Å². The van der Waals surface area contributed by atoms with Crippen LogP contribution in [0.25, 0.3) is 43.4 Å². The Hall–Kier alpha value is -5.08. The number of fused-ring (bicyclic) bond motifs is 4. The van der Waals surface area contributed by atoms with Gasteiger partial charge in [-0.15, -0.1) is 10.9 Å². The normalized spacial score (nSPS) is 14.5. The van der Waals surface area contributed by atoms with Crippen LogP contribution in [0.1, 0.15) is 18.1 Å². The average molecular weight is 538 g/mol. The quantitative estimate of drug-likeness (QED) is 0.156. The van der Waals surface area contributed by atoms with Gasteiger partial charge in [-0.25, -0.2) is 0 Å². The van der Waals surface area contributed by atoms with Crippen LogP contribution in [0.3, 0.4) is 0 Å². The van der Waals surface area contributed by atoms with Crippen molar-refractivity contribution in [1.29, 1.82) is 0 Å². The molecule has 0 N–H and O–H groups in total. The first kappa shape index (κ1) is 24.7. The molecule has 0 radical (unpaired) electrons. The maximum atomic E-state index is 3.75. The van der Waals surface area contributed by atoms with E-state index in [4.69, 9.17) is 0 Å². The van der Waals surface area contributed by atoms with Crippen LogP contribution in [-0.4, -0.2) is 13.5 Å². The van der Waals surface area contributed by atoms with Gasteiger partial charge in [-0.2, -0.15) is 0 Å². The van der Waals surface area contributed by atoms with Crippen LogP contribution >= 0.6 is 0 Å². The molecule has 42 heavy (non-hydrogen) atoms. The maximum Gasteiger partial charge on any atom is 0.414 e. The highest BCUT2D eigenvalue weighted by Gasteiger charge is 2.51. The molecule has 0 saturated heterocycles. The maximum absolute atomic E-state index is 3.75. The third-order valence-corrected chi connectivity index (χ3v) is 9.53. The summed E-state index contributed by atoms with van der Waals surface area (Å²) in [4.78, 5) is 0. The van der Waals surface area contributed by atoms with E-state index in [1.807, 2.05) is 0 Å². The van der Waals surface area contributed by atoms with E-state index < -0.39 is 6.35 Å². The van der Waals surface area contributed by atoms with Gasteiger partial charge in [0.05, 0.1) is 5.56 Å². The van der Waals surface area contributed by atoms with Gasteiger partial charge in [0, 0.05) is 6.07 Å². The first-order valence-corrected chi connectivity index (χ1v) is 14.7. The molecule has 7 aromatic rings. The van der Waals surface area contributed by atoms with Crippen molar-refractivity contribution in [2.45, 2.75) is 6.92 Å². The molecular formula is C40H31BO. The van der Waals surface area contributed by atoms with Gasteiger partial charge >= 0.3 is 6.35 Å². The minimum atomic E-state index is -1.67. The molecule has 1 aliphatic rings. The number of para-hydroxylation sites is 1. The zero-order chi connectivity index (χ0) is 28.3. The lowest BCUT2D eigenvalue weighted by molar-refractivity contribution is 0.173. The summed E-state index contributed by atoms with van der Waals surface area (Å²) >= 11 is 0. The fraction of sp³-hybridized carbons (Fsp3) is 0.0500. The standard InChI is InChI=1S/C40H31BO/c1-28-38-17-9-10-18-39(38)42(2)41(36-23-21-30-12-4-7-15-33(30)26-36,37-24-22-31-13-5-8-16-34(31)27-37)40(28)35-20-19-29-11-3-6-14-32(29)25-35/h3-27H,1-2H3.